The number of carbonyl (C=O) groups excluding carboxylic acids is 1. The summed E-state index contributed by atoms with van der Waals surface area (Å²) in [5, 5.41) is 2.83. The fourth-order valence-corrected chi connectivity index (χ4v) is 1.05. The largest absolute Gasteiger partial charge is 0.397 e. The number of nitrogens with one attached hydrogen (secondary N) is 1. The van der Waals surface area contributed by atoms with Gasteiger partial charge in [0.25, 0.3) is 5.91 Å². The van der Waals surface area contributed by atoms with Crippen molar-refractivity contribution in [3.05, 3.63) is 24.0 Å². The van der Waals surface area contributed by atoms with Gasteiger partial charge >= 0.3 is 0 Å². The van der Waals surface area contributed by atoms with E-state index < -0.39 is 0 Å². The number of rotatable bonds is 2. The Hall–Kier alpha value is -1.58. The zero-order chi connectivity index (χ0) is 11.5. The van der Waals surface area contributed by atoms with Crippen LogP contribution >= 0.6 is 0 Å². The molecule has 0 fully saturated rings. The van der Waals surface area contributed by atoms with E-state index in [-0.39, 0.29) is 11.3 Å². The maximum atomic E-state index is 11.7. The van der Waals surface area contributed by atoms with Crippen LogP contribution in [0.3, 0.4) is 0 Å². The van der Waals surface area contributed by atoms with Crippen molar-refractivity contribution >= 4 is 11.6 Å². The highest BCUT2D eigenvalue weighted by atomic mass is 16.1. The maximum absolute atomic E-state index is 11.7. The Morgan fingerprint density at radius 2 is 2.20 bits per heavy atom. The lowest BCUT2D eigenvalue weighted by atomic mass is 9.97. The lowest BCUT2D eigenvalue weighted by Gasteiger charge is -2.18. The SMILES string of the molecule is CC(C)(C)CNC(=O)c1ccncc1N. The van der Waals surface area contributed by atoms with Gasteiger partial charge in [-0.1, -0.05) is 20.8 Å². The van der Waals surface area contributed by atoms with Gasteiger partial charge in [-0.15, -0.1) is 0 Å². The van der Waals surface area contributed by atoms with E-state index in [1.165, 1.54) is 6.20 Å². The number of aromatic nitrogens is 1. The second-order valence-corrected chi connectivity index (χ2v) is 4.71. The fourth-order valence-electron chi connectivity index (χ4n) is 1.05. The average molecular weight is 207 g/mol. The van der Waals surface area contributed by atoms with Crippen LogP contribution in [0.25, 0.3) is 0 Å². The highest BCUT2D eigenvalue weighted by Crippen LogP contribution is 2.12. The van der Waals surface area contributed by atoms with Crippen molar-refractivity contribution in [3.63, 3.8) is 0 Å². The molecular weight excluding hydrogens is 190 g/mol. The molecule has 1 amide bonds. The molecule has 0 saturated carbocycles. The Morgan fingerprint density at radius 1 is 1.53 bits per heavy atom. The predicted octanol–water partition coefficient (Wildman–Crippen LogP) is 1.44. The Labute approximate surface area is 89.9 Å². The second kappa shape index (κ2) is 4.29. The Kier molecular flexibility index (Phi) is 3.29. The number of amides is 1. The molecule has 1 aromatic heterocycles. The standard InChI is InChI=1S/C11H17N3O/c1-11(2,3)7-14-10(15)8-4-5-13-6-9(8)12/h4-6H,7,12H2,1-3H3,(H,14,15). The summed E-state index contributed by atoms with van der Waals surface area (Å²) in [6, 6.07) is 1.62. The van der Waals surface area contributed by atoms with Crippen molar-refractivity contribution in [2.45, 2.75) is 20.8 Å². The number of hydrogen-bond donors (Lipinski definition) is 2. The number of hydrogen-bond acceptors (Lipinski definition) is 3. The van der Waals surface area contributed by atoms with Crippen molar-refractivity contribution in [2.24, 2.45) is 5.41 Å². The van der Waals surface area contributed by atoms with Crippen LogP contribution in [0, 0.1) is 5.41 Å². The third-order valence-electron chi connectivity index (χ3n) is 1.88. The molecule has 0 spiro atoms. The molecular formula is C11H17N3O. The van der Waals surface area contributed by atoms with Gasteiger partial charge < -0.3 is 11.1 Å². The zero-order valence-electron chi connectivity index (χ0n) is 9.37. The minimum absolute atomic E-state index is 0.0669. The number of carbonyl (C=O) groups is 1. The lowest BCUT2D eigenvalue weighted by Crippen LogP contribution is -2.32. The molecule has 0 aliphatic carbocycles. The van der Waals surface area contributed by atoms with Crippen LogP contribution < -0.4 is 11.1 Å². The zero-order valence-corrected chi connectivity index (χ0v) is 9.37. The Morgan fingerprint density at radius 3 is 2.73 bits per heavy atom. The molecule has 1 heterocycles. The summed E-state index contributed by atoms with van der Waals surface area (Å²) in [4.78, 5) is 15.5. The first kappa shape index (κ1) is 11.5. The second-order valence-electron chi connectivity index (χ2n) is 4.71. The van der Waals surface area contributed by atoms with E-state index in [4.69, 9.17) is 5.73 Å². The smallest absolute Gasteiger partial charge is 0.253 e. The summed E-state index contributed by atoms with van der Waals surface area (Å²) in [5.41, 5.74) is 6.59. The molecule has 0 atom stereocenters. The van der Waals surface area contributed by atoms with Crippen molar-refractivity contribution < 1.29 is 4.79 Å². The van der Waals surface area contributed by atoms with Crippen LogP contribution in [0.4, 0.5) is 5.69 Å². The fraction of sp³-hybridized carbons (Fsp3) is 0.455. The molecule has 4 nitrogen and oxygen atoms in total. The first-order valence-electron chi connectivity index (χ1n) is 4.88. The molecule has 0 unspecified atom stereocenters. The first-order chi connectivity index (χ1) is 6.90. The van der Waals surface area contributed by atoms with Crippen LogP contribution in [-0.2, 0) is 0 Å². The van der Waals surface area contributed by atoms with E-state index in [9.17, 15) is 4.79 Å². The van der Waals surface area contributed by atoms with E-state index in [1.807, 2.05) is 0 Å². The van der Waals surface area contributed by atoms with Gasteiger partial charge in [-0.25, -0.2) is 0 Å². The van der Waals surface area contributed by atoms with E-state index in [2.05, 4.69) is 31.1 Å². The molecule has 0 aliphatic rings. The van der Waals surface area contributed by atoms with E-state index in [0.29, 0.717) is 17.8 Å². The summed E-state index contributed by atoms with van der Waals surface area (Å²) < 4.78 is 0. The van der Waals surface area contributed by atoms with Crippen LogP contribution in [0.2, 0.25) is 0 Å². The maximum Gasteiger partial charge on any atom is 0.253 e. The van der Waals surface area contributed by atoms with E-state index >= 15 is 0 Å². The number of nitrogen functional groups attached to an aromatic ring is 1. The minimum atomic E-state index is -0.148. The lowest BCUT2D eigenvalue weighted by molar-refractivity contribution is 0.0940. The summed E-state index contributed by atoms with van der Waals surface area (Å²) in [6.45, 7) is 6.79. The highest BCUT2D eigenvalue weighted by Gasteiger charge is 2.14. The molecule has 3 N–H and O–H groups in total. The molecule has 0 saturated heterocycles. The van der Waals surface area contributed by atoms with Gasteiger partial charge in [0.05, 0.1) is 17.4 Å². The summed E-state index contributed by atoms with van der Waals surface area (Å²) in [6.07, 6.45) is 3.04. The van der Waals surface area contributed by atoms with Gasteiger partial charge in [0.2, 0.25) is 0 Å². The highest BCUT2D eigenvalue weighted by molar-refractivity contribution is 5.98. The van der Waals surface area contributed by atoms with Crippen LogP contribution in [-0.4, -0.2) is 17.4 Å². The summed E-state index contributed by atoms with van der Waals surface area (Å²) >= 11 is 0. The topological polar surface area (TPSA) is 68.0 Å². The molecule has 15 heavy (non-hydrogen) atoms. The molecule has 82 valence electrons. The Bertz CT molecular complexity index is 355. The van der Waals surface area contributed by atoms with E-state index in [0.717, 1.165) is 0 Å². The monoisotopic (exact) mass is 207 g/mol. The quantitative estimate of drug-likeness (QED) is 0.771. The van der Waals surface area contributed by atoms with Crippen LogP contribution in [0.5, 0.6) is 0 Å². The molecule has 0 bridgehead atoms. The molecule has 0 aromatic carbocycles. The average Bonchev–Trinajstić information content (AvgIpc) is 2.14. The number of pyridine rings is 1. The first-order valence-corrected chi connectivity index (χ1v) is 4.88. The summed E-state index contributed by atoms with van der Waals surface area (Å²) in [7, 11) is 0. The normalized spacial score (nSPS) is 11.1. The molecule has 0 aliphatic heterocycles. The summed E-state index contributed by atoms with van der Waals surface area (Å²) in [5.74, 6) is -0.148. The molecule has 4 heteroatoms. The van der Waals surface area contributed by atoms with Gasteiger partial charge in [0.15, 0.2) is 0 Å². The molecule has 1 aromatic rings. The van der Waals surface area contributed by atoms with Crippen LogP contribution in [0.15, 0.2) is 18.5 Å². The number of nitrogens with zero attached hydrogens (tertiary/aromatic N) is 1. The van der Waals surface area contributed by atoms with Crippen LogP contribution in [0.1, 0.15) is 31.1 Å². The van der Waals surface area contributed by atoms with Crippen molar-refractivity contribution in [2.75, 3.05) is 12.3 Å². The van der Waals surface area contributed by atoms with Gasteiger partial charge in [0, 0.05) is 12.7 Å². The van der Waals surface area contributed by atoms with Gasteiger partial charge in [-0.05, 0) is 11.5 Å². The third kappa shape index (κ3) is 3.58. The predicted molar refractivity (Wildman–Crippen MR) is 60.4 cm³/mol. The van der Waals surface area contributed by atoms with Crippen molar-refractivity contribution in [1.82, 2.24) is 10.3 Å². The van der Waals surface area contributed by atoms with Crippen molar-refractivity contribution in [1.29, 1.82) is 0 Å². The molecule has 1 rings (SSSR count). The minimum Gasteiger partial charge on any atom is -0.397 e. The molecule has 0 radical (unpaired) electrons. The Balaban J connectivity index is 2.66. The van der Waals surface area contributed by atoms with Gasteiger partial charge in [-0.3, -0.25) is 9.78 Å². The van der Waals surface area contributed by atoms with Crippen molar-refractivity contribution in [3.8, 4) is 0 Å². The van der Waals surface area contributed by atoms with E-state index in [1.54, 1.807) is 12.3 Å². The number of nitrogens with two attached hydrogens (primary N) is 1. The third-order valence-corrected chi connectivity index (χ3v) is 1.88. The van der Waals surface area contributed by atoms with Gasteiger partial charge in [0.1, 0.15) is 0 Å². The van der Waals surface area contributed by atoms with Gasteiger partial charge in [-0.2, -0.15) is 0 Å². The number of anilines is 1.